The molecule has 8 heteroatoms. The predicted octanol–water partition coefficient (Wildman–Crippen LogP) is 2.60. The molecule has 0 radical (unpaired) electrons. The fraction of sp³-hybridized carbons (Fsp3) is 0.955. The summed E-state index contributed by atoms with van der Waals surface area (Å²) in [5.74, 6) is -0.795. The molecular weight excluding hydrogens is 454 g/mol. The van der Waals surface area contributed by atoms with Gasteiger partial charge in [0.05, 0.1) is 6.61 Å². The lowest BCUT2D eigenvalue weighted by Gasteiger charge is -2.24. The summed E-state index contributed by atoms with van der Waals surface area (Å²) in [5.41, 5.74) is 0. The Morgan fingerprint density at radius 3 is 1.50 bits per heavy atom. The standard InChI is InChI=1S/C22H45NO6.BrH/c1-2-3-4-5-6-7-8-9-10-11-12-13-14-15-16-23-22(29)21(28)20(27)19(26)18(25)17-24;/h18-21,24-28H,2-17H2,1H3,(H,23,29);1H/t18-,19-,20+,21-;/m1./s1. The summed E-state index contributed by atoms with van der Waals surface area (Å²) in [6.07, 6.45) is 10.3. The van der Waals surface area contributed by atoms with Gasteiger partial charge in [0, 0.05) is 6.54 Å². The van der Waals surface area contributed by atoms with Gasteiger partial charge >= 0.3 is 0 Å². The van der Waals surface area contributed by atoms with Crippen molar-refractivity contribution in [2.45, 2.75) is 121 Å². The van der Waals surface area contributed by atoms with Gasteiger partial charge < -0.3 is 30.8 Å². The Labute approximate surface area is 193 Å². The molecule has 0 bridgehead atoms. The number of aliphatic hydroxyl groups is 5. The maximum atomic E-state index is 11.8. The summed E-state index contributed by atoms with van der Waals surface area (Å²) in [4.78, 5) is 11.8. The molecule has 30 heavy (non-hydrogen) atoms. The summed E-state index contributed by atoms with van der Waals surface area (Å²) in [5, 5.41) is 49.3. The Morgan fingerprint density at radius 1 is 0.700 bits per heavy atom. The molecule has 0 aliphatic heterocycles. The monoisotopic (exact) mass is 499 g/mol. The largest absolute Gasteiger partial charge is 0.394 e. The Bertz CT molecular complexity index is 389. The van der Waals surface area contributed by atoms with Crippen LogP contribution in [0.3, 0.4) is 0 Å². The van der Waals surface area contributed by atoms with Crippen molar-refractivity contribution in [3.05, 3.63) is 0 Å². The van der Waals surface area contributed by atoms with E-state index in [2.05, 4.69) is 12.2 Å². The number of aliphatic hydroxyl groups excluding tert-OH is 5. The molecule has 0 aromatic rings. The summed E-state index contributed by atoms with van der Waals surface area (Å²) in [6, 6.07) is 0. The lowest BCUT2D eigenvalue weighted by atomic mass is 10.0. The molecule has 0 saturated carbocycles. The van der Waals surface area contributed by atoms with Gasteiger partial charge in [-0.25, -0.2) is 0 Å². The fourth-order valence-corrected chi connectivity index (χ4v) is 3.31. The average molecular weight is 501 g/mol. The lowest BCUT2D eigenvalue weighted by molar-refractivity contribution is -0.148. The van der Waals surface area contributed by atoms with E-state index in [1.807, 2.05) is 0 Å². The molecule has 1 amide bonds. The van der Waals surface area contributed by atoms with Crippen molar-refractivity contribution in [2.75, 3.05) is 13.2 Å². The van der Waals surface area contributed by atoms with Gasteiger partial charge in [0.25, 0.3) is 5.91 Å². The Kier molecular flexibility index (Phi) is 23.4. The van der Waals surface area contributed by atoms with E-state index < -0.39 is 36.9 Å². The molecule has 0 heterocycles. The van der Waals surface area contributed by atoms with Crippen LogP contribution in [-0.2, 0) is 4.79 Å². The first kappa shape index (κ1) is 31.9. The minimum absolute atomic E-state index is 0. The molecule has 0 saturated heterocycles. The van der Waals surface area contributed by atoms with Crippen molar-refractivity contribution in [3.8, 4) is 0 Å². The Balaban J connectivity index is 0. The number of unbranched alkanes of at least 4 members (excludes halogenated alkanes) is 13. The van der Waals surface area contributed by atoms with Gasteiger partial charge in [-0.3, -0.25) is 4.79 Å². The van der Waals surface area contributed by atoms with Crippen LogP contribution >= 0.6 is 17.0 Å². The van der Waals surface area contributed by atoms with Gasteiger partial charge in [-0.2, -0.15) is 0 Å². The first-order valence-corrected chi connectivity index (χ1v) is 11.6. The SMILES string of the molecule is Br.CCCCCCCCCCCCCCCCNC(=O)[C@H](O)[C@@H](O)[C@H](O)[C@H](O)CO. The second-order valence-electron chi connectivity index (χ2n) is 8.06. The number of amides is 1. The molecule has 6 N–H and O–H groups in total. The highest BCUT2D eigenvalue weighted by atomic mass is 79.9. The van der Waals surface area contributed by atoms with Crippen molar-refractivity contribution < 1.29 is 30.3 Å². The van der Waals surface area contributed by atoms with Gasteiger partial charge in [0.2, 0.25) is 0 Å². The molecule has 0 aromatic carbocycles. The Hall–Kier alpha value is -0.250. The van der Waals surface area contributed by atoms with E-state index >= 15 is 0 Å². The number of carbonyl (C=O) groups excluding carboxylic acids is 1. The number of hydrogen-bond acceptors (Lipinski definition) is 6. The normalized spacial score (nSPS) is 15.1. The van der Waals surface area contributed by atoms with E-state index in [1.165, 1.54) is 70.6 Å². The highest BCUT2D eigenvalue weighted by Gasteiger charge is 2.33. The highest BCUT2D eigenvalue weighted by molar-refractivity contribution is 8.93. The summed E-state index contributed by atoms with van der Waals surface area (Å²) in [6.45, 7) is 1.86. The van der Waals surface area contributed by atoms with E-state index in [9.17, 15) is 25.2 Å². The minimum Gasteiger partial charge on any atom is -0.394 e. The molecule has 0 aliphatic carbocycles. The zero-order valence-corrected chi connectivity index (χ0v) is 20.4. The second-order valence-corrected chi connectivity index (χ2v) is 8.06. The molecule has 0 unspecified atom stereocenters. The summed E-state index contributed by atoms with van der Waals surface area (Å²) >= 11 is 0. The first-order valence-electron chi connectivity index (χ1n) is 11.6. The zero-order chi connectivity index (χ0) is 21.9. The maximum absolute atomic E-state index is 11.8. The molecule has 0 aromatic heterocycles. The van der Waals surface area contributed by atoms with Crippen molar-refractivity contribution >= 4 is 22.9 Å². The van der Waals surface area contributed by atoms with Crippen LogP contribution < -0.4 is 5.32 Å². The third-order valence-electron chi connectivity index (χ3n) is 5.35. The number of carbonyl (C=O) groups is 1. The van der Waals surface area contributed by atoms with Crippen LogP contribution in [0.25, 0.3) is 0 Å². The minimum atomic E-state index is -1.85. The van der Waals surface area contributed by atoms with Gasteiger partial charge in [0.15, 0.2) is 6.10 Å². The summed E-state index contributed by atoms with van der Waals surface area (Å²) in [7, 11) is 0. The molecule has 4 atom stereocenters. The van der Waals surface area contributed by atoms with Crippen LogP contribution in [0.1, 0.15) is 96.8 Å². The van der Waals surface area contributed by atoms with Gasteiger partial charge in [-0.05, 0) is 6.42 Å². The van der Waals surface area contributed by atoms with Crippen molar-refractivity contribution in [3.63, 3.8) is 0 Å². The highest BCUT2D eigenvalue weighted by Crippen LogP contribution is 2.13. The van der Waals surface area contributed by atoms with Crippen molar-refractivity contribution in [1.82, 2.24) is 5.32 Å². The average Bonchev–Trinajstić information content (AvgIpc) is 2.73. The van der Waals surface area contributed by atoms with Crippen LogP contribution in [0.2, 0.25) is 0 Å². The third-order valence-corrected chi connectivity index (χ3v) is 5.35. The molecule has 0 aliphatic rings. The summed E-state index contributed by atoms with van der Waals surface area (Å²) < 4.78 is 0. The number of rotatable bonds is 20. The fourth-order valence-electron chi connectivity index (χ4n) is 3.31. The van der Waals surface area contributed by atoms with Crippen LogP contribution in [0.4, 0.5) is 0 Å². The number of nitrogens with one attached hydrogen (secondary N) is 1. The van der Waals surface area contributed by atoms with E-state index in [0.717, 1.165) is 19.3 Å². The van der Waals surface area contributed by atoms with E-state index in [0.29, 0.717) is 6.54 Å². The van der Waals surface area contributed by atoms with Gasteiger partial charge in [-0.1, -0.05) is 90.4 Å². The molecular formula is C22H46BrNO6. The zero-order valence-electron chi connectivity index (χ0n) is 18.7. The molecule has 0 fully saturated rings. The maximum Gasteiger partial charge on any atom is 0.251 e. The smallest absolute Gasteiger partial charge is 0.251 e. The molecule has 0 spiro atoms. The number of halogens is 1. The quantitative estimate of drug-likeness (QED) is 0.143. The van der Waals surface area contributed by atoms with Crippen LogP contribution in [-0.4, -0.2) is 69.0 Å². The van der Waals surface area contributed by atoms with E-state index in [-0.39, 0.29) is 17.0 Å². The van der Waals surface area contributed by atoms with Crippen LogP contribution in [0, 0.1) is 0 Å². The Morgan fingerprint density at radius 2 is 1.10 bits per heavy atom. The van der Waals surface area contributed by atoms with Crippen molar-refractivity contribution in [1.29, 1.82) is 0 Å². The van der Waals surface area contributed by atoms with E-state index in [1.54, 1.807) is 0 Å². The molecule has 182 valence electrons. The van der Waals surface area contributed by atoms with Gasteiger partial charge in [-0.15, -0.1) is 17.0 Å². The van der Waals surface area contributed by atoms with Crippen LogP contribution in [0.5, 0.6) is 0 Å². The van der Waals surface area contributed by atoms with Crippen LogP contribution in [0.15, 0.2) is 0 Å². The molecule has 0 rings (SSSR count). The van der Waals surface area contributed by atoms with E-state index in [4.69, 9.17) is 5.11 Å². The van der Waals surface area contributed by atoms with Crippen molar-refractivity contribution in [2.24, 2.45) is 0 Å². The third kappa shape index (κ3) is 16.4. The topological polar surface area (TPSA) is 130 Å². The predicted molar refractivity (Wildman–Crippen MR) is 125 cm³/mol. The number of hydrogen-bond donors (Lipinski definition) is 6. The molecule has 7 nitrogen and oxygen atoms in total. The first-order chi connectivity index (χ1) is 14.0. The second kappa shape index (κ2) is 22.0. The lowest BCUT2D eigenvalue weighted by Crippen LogP contribution is -2.51. The van der Waals surface area contributed by atoms with Gasteiger partial charge in [0.1, 0.15) is 18.3 Å².